The summed E-state index contributed by atoms with van der Waals surface area (Å²) in [5, 5.41) is 2.92. The molecule has 1 aliphatic carbocycles. The molecule has 0 atom stereocenters. The van der Waals surface area contributed by atoms with Crippen molar-refractivity contribution in [2.75, 3.05) is 13.7 Å². The first-order chi connectivity index (χ1) is 7.66. The summed E-state index contributed by atoms with van der Waals surface area (Å²) >= 11 is 0. The standard InChI is InChI=1S/C12H14FNO2/c1-16-8-11(15)14-12(6-7-12)9-2-4-10(13)5-3-9/h2-5H,6-8H2,1H3,(H,14,15). The van der Waals surface area contributed by atoms with E-state index in [1.807, 2.05) is 0 Å². The number of hydrogen-bond acceptors (Lipinski definition) is 2. The van der Waals surface area contributed by atoms with Gasteiger partial charge >= 0.3 is 0 Å². The van der Waals surface area contributed by atoms with E-state index >= 15 is 0 Å². The molecule has 1 saturated carbocycles. The zero-order valence-corrected chi connectivity index (χ0v) is 9.13. The van der Waals surface area contributed by atoms with Gasteiger partial charge in [0.2, 0.25) is 5.91 Å². The summed E-state index contributed by atoms with van der Waals surface area (Å²) < 4.78 is 17.5. The lowest BCUT2D eigenvalue weighted by atomic mass is 10.1. The molecular weight excluding hydrogens is 209 g/mol. The Bertz CT molecular complexity index is 385. The Hall–Kier alpha value is -1.42. The zero-order valence-electron chi connectivity index (χ0n) is 9.13. The van der Waals surface area contributed by atoms with Gasteiger partial charge in [0.25, 0.3) is 0 Å². The molecule has 86 valence electrons. The van der Waals surface area contributed by atoms with Crippen molar-refractivity contribution in [3.8, 4) is 0 Å². The molecule has 0 bridgehead atoms. The molecule has 0 unspecified atom stereocenters. The van der Waals surface area contributed by atoms with E-state index in [1.165, 1.54) is 19.2 Å². The van der Waals surface area contributed by atoms with Gasteiger partial charge in [0.15, 0.2) is 0 Å². The summed E-state index contributed by atoms with van der Waals surface area (Å²) in [6, 6.07) is 6.26. The first-order valence-electron chi connectivity index (χ1n) is 5.22. The SMILES string of the molecule is COCC(=O)NC1(c2ccc(F)cc2)CC1. The van der Waals surface area contributed by atoms with Crippen LogP contribution in [0.15, 0.2) is 24.3 Å². The molecule has 1 amide bonds. The van der Waals surface area contributed by atoms with Crippen LogP contribution in [0.4, 0.5) is 4.39 Å². The molecule has 1 N–H and O–H groups in total. The highest BCUT2D eigenvalue weighted by Crippen LogP contribution is 2.45. The van der Waals surface area contributed by atoms with Crippen molar-refractivity contribution in [1.29, 1.82) is 0 Å². The number of ether oxygens (including phenoxy) is 1. The number of rotatable bonds is 4. The highest BCUT2D eigenvalue weighted by atomic mass is 19.1. The topological polar surface area (TPSA) is 38.3 Å². The fraction of sp³-hybridized carbons (Fsp3) is 0.417. The Labute approximate surface area is 93.6 Å². The van der Waals surface area contributed by atoms with E-state index in [2.05, 4.69) is 5.32 Å². The average molecular weight is 223 g/mol. The van der Waals surface area contributed by atoms with Crippen LogP contribution in [0.25, 0.3) is 0 Å². The van der Waals surface area contributed by atoms with Crippen LogP contribution in [0, 0.1) is 5.82 Å². The molecule has 0 saturated heterocycles. The second-order valence-electron chi connectivity index (χ2n) is 4.07. The number of nitrogens with one attached hydrogen (secondary N) is 1. The van der Waals surface area contributed by atoms with Gasteiger partial charge in [-0.25, -0.2) is 4.39 Å². The Morgan fingerprint density at radius 1 is 1.44 bits per heavy atom. The molecule has 1 aliphatic rings. The predicted molar refractivity (Wildman–Crippen MR) is 57.3 cm³/mol. The van der Waals surface area contributed by atoms with Gasteiger partial charge < -0.3 is 10.1 Å². The van der Waals surface area contributed by atoms with Gasteiger partial charge in [0.05, 0.1) is 5.54 Å². The summed E-state index contributed by atoms with van der Waals surface area (Å²) in [5.41, 5.74) is 0.668. The van der Waals surface area contributed by atoms with Gasteiger partial charge in [0.1, 0.15) is 12.4 Å². The van der Waals surface area contributed by atoms with Gasteiger partial charge in [-0.2, -0.15) is 0 Å². The third-order valence-corrected chi connectivity index (χ3v) is 2.80. The number of carbonyl (C=O) groups excluding carboxylic acids is 1. The van der Waals surface area contributed by atoms with Gasteiger partial charge in [-0.3, -0.25) is 4.79 Å². The molecule has 0 aliphatic heterocycles. The van der Waals surface area contributed by atoms with Gasteiger partial charge in [0, 0.05) is 7.11 Å². The Balaban J connectivity index is 2.08. The summed E-state index contributed by atoms with van der Waals surface area (Å²) in [6.07, 6.45) is 1.79. The lowest BCUT2D eigenvalue weighted by Crippen LogP contribution is -2.37. The molecule has 1 fully saturated rings. The maximum absolute atomic E-state index is 12.8. The molecular formula is C12H14FNO2. The van der Waals surface area contributed by atoms with Crippen LogP contribution in [0.2, 0.25) is 0 Å². The van der Waals surface area contributed by atoms with E-state index in [1.54, 1.807) is 12.1 Å². The summed E-state index contributed by atoms with van der Waals surface area (Å²) in [5.74, 6) is -0.396. The summed E-state index contributed by atoms with van der Waals surface area (Å²) in [7, 11) is 1.48. The second kappa shape index (κ2) is 4.22. The molecule has 3 nitrogen and oxygen atoms in total. The third kappa shape index (κ3) is 2.22. The first kappa shape index (κ1) is 11.1. The quantitative estimate of drug-likeness (QED) is 0.841. The fourth-order valence-electron chi connectivity index (χ4n) is 1.81. The van der Waals surface area contributed by atoms with E-state index in [4.69, 9.17) is 4.74 Å². The van der Waals surface area contributed by atoms with Crippen molar-refractivity contribution in [1.82, 2.24) is 5.32 Å². The van der Waals surface area contributed by atoms with Gasteiger partial charge in [-0.15, -0.1) is 0 Å². The van der Waals surface area contributed by atoms with Crippen molar-refractivity contribution >= 4 is 5.91 Å². The van der Waals surface area contributed by atoms with E-state index in [0.29, 0.717) is 0 Å². The molecule has 1 aromatic rings. The van der Waals surface area contributed by atoms with E-state index < -0.39 is 0 Å². The van der Waals surface area contributed by atoms with Crippen LogP contribution in [0.1, 0.15) is 18.4 Å². The smallest absolute Gasteiger partial charge is 0.246 e. The van der Waals surface area contributed by atoms with E-state index in [0.717, 1.165) is 18.4 Å². The van der Waals surface area contributed by atoms with Crippen LogP contribution in [0.5, 0.6) is 0 Å². The van der Waals surface area contributed by atoms with Gasteiger partial charge in [-0.1, -0.05) is 12.1 Å². The fourth-order valence-corrected chi connectivity index (χ4v) is 1.81. The minimum absolute atomic E-state index is 0.0585. The van der Waals surface area contributed by atoms with Crippen molar-refractivity contribution in [3.63, 3.8) is 0 Å². The number of amides is 1. The van der Waals surface area contributed by atoms with Crippen molar-refractivity contribution < 1.29 is 13.9 Å². The third-order valence-electron chi connectivity index (χ3n) is 2.80. The number of benzene rings is 1. The predicted octanol–water partition coefficient (Wildman–Crippen LogP) is 1.58. The molecule has 4 heteroatoms. The van der Waals surface area contributed by atoms with E-state index in [9.17, 15) is 9.18 Å². The largest absolute Gasteiger partial charge is 0.375 e. The van der Waals surface area contributed by atoms with Crippen molar-refractivity contribution in [3.05, 3.63) is 35.6 Å². The first-order valence-corrected chi connectivity index (χ1v) is 5.22. The molecule has 0 spiro atoms. The van der Waals surface area contributed by atoms with Crippen LogP contribution >= 0.6 is 0 Å². The van der Waals surface area contributed by atoms with Gasteiger partial charge in [-0.05, 0) is 30.5 Å². The van der Waals surface area contributed by atoms with Crippen LogP contribution < -0.4 is 5.32 Å². The number of halogens is 1. The maximum atomic E-state index is 12.8. The number of hydrogen-bond donors (Lipinski definition) is 1. The number of methoxy groups -OCH3 is 1. The second-order valence-corrected chi connectivity index (χ2v) is 4.07. The van der Waals surface area contributed by atoms with Crippen LogP contribution in [0.3, 0.4) is 0 Å². The van der Waals surface area contributed by atoms with Crippen molar-refractivity contribution in [2.45, 2.75) is 18.4 Å². The highest BCUT2D eigenvalue weighted by molar-refractivity contribution is 5.78. The van der Waals surface area contributed by atoms with Crippen molar-refractivity contribution in [2.24, 2.45) is 0 Å². The Kier molecular flexibility index (Phi) is 2.92. The van der Waals surface area contributed by atoms with Crippen LogP contribution in [-0.4, -0.2) is 19.6 Å². The monoisotopic (exact) mass is 223 g/mol. The Morgan fingerprint density at radius 3 is 2.56 bits per heavy atom. The normalized spacial score (nSPS) is 16.9. The minimum atomic E-state index is -0.288. The molecule has 2 rings (SSSR count). The molecule has 0 radical (unpaired) electrons. The average Bonchev–Trinajstić information content (AvgIpc) is 3.00. The summed E-state index contributed by atoms with van der Waals surface area (Å²) in [6.45, 7) is 0.0585. The Morgan fingerprint density at radius 2 is 2.06 bits per heavy atom. The van der Waals surface area contributed by atoms with Crippen LogP contribution in [-0.2, 0) is 15.1 Å². The number of carbonyl (C=O) groups is 1. The molecule has 16 heavy (non-hydrogen) atoms. The minimum Gasteiger partial charge on any atom is -0.375 e. The maximum Gasteiger partial charge on any atom is 0.246 e. The molecule has 0 heterocycles. The zero-order chi connectivity index (χ0) is 11.6. The molecule has 0 aromatic heterocycles. The highest BCUT2D eigenvalue weighted by Gasteiger charge is 2.45. The lowest BCUT2D eigenvalue weighted by Gasteiger charge is -2.17. The summed E-state index contributed by atoms with van der Waals surface area (Å²) in [4.78, 5) is 11.4. The molecule has 1 aromatic carbocycles. The van der Waals surface area contributed by atoms with E-state index in [-0.39, 0.29) is 23.9 Å². The lowest BCUT2D eigenvalue weighted by molar-refractivity contribution is -0.125.